The monoisotopic (exact) mass is 322 g/mol. The van der Waals surface area contributed by atoms with Crippen LogP contribution >= 0.6 is 0 Å². The van der Waals surface area contributed by atoms with Gasteiger partial charge < -0.3 is 4.90 Å². The first-order valence-electron chi connectivity index (χ1n) is 7.73. The molecule has 22 heavy (non-hydrogen) atoms. The Kier molecular flexibility index (Phi) is 3.99. The van der Waals surface area contributed by atoms with Crippen LogP contribution in [0.15, 0.2) is 24.3 Å². The highest BCUT2D eigenvalue weighted by Crippen LogP contribution is 2.50. The first kappa shape index (κ1) is 15.5. The van der Waals surface area contributed by atoms with Crippen molar-refractivity contribution in [1.29, 1.82) is 0 Å². The maximum absolute atomic E-state index is 12.7. The van der Waals surface area contributed by atoms with E-state index < -0.39 is 10.0 Å². The second kappa shape index (κ2) is 5.66. The molecule has 1 aliphatic carbocycles. The van der Waals surface area contributed by atoms with Gasteiger partial charge in [0.25, 0.3) is 0 Å². The quantitative estimate of drug-likeness (QED) is 0.909. The fourth-order valence-corrected chi connectivity index (χ4v) is 4.48. The van der Waals surface area contributed by atoms with Crippen LogP contribution in [0.5, 0.6) is 0 Å². The Morgan fingerprint density at radius 3 is 2.77 bits per heavy atom. The van der Waals surface area contributed by atoms with E-state index in [9.17, 15) is 13.2 Å². The molecule has 1 aromatic carbocycles. The summed E-state index contributed by atoms with van der Waals surface area (Å²) in [7, 11) is -3.55. The average Bonchev–Trinajstić information content (AvgIpc) is 3.10. The largest absolute Gasteiger partial charge is 0.338 e. The molecule has 5 nitrogen and oxygen atoms in total. The van der Waals surface area contributed by atoms with Crippen molar-refractivity contribution >= 4 is 15.9 Å². The summed E-state index contributed by atoms with van der Waals surface area (Å²) < 4.78 is 22.6. The molecular formula is C16H22N2O3S. The first-order chi connectivity index (χ1) is 10.4. The maximum Gasteiger partial charge on any atom is 0.226 e. The maximum atomic E-state index is 12.7. The SMILES string of the molecule is Cc1ccccc1C1CC1C(=O)N1CCCC1CS(N)(=O)=O. The van der Waals surface area contributed by atoms with Crippen molar-refractivity contribution in [3.05, 3.63) is 35.4 Å². The van der Waals surface area contributed by atoms with E-state index in [-0.39, 0.29) is 29.5 Å². The summed E-state index contributed by atoms with van der Waals surface area (Å²) in [5.74, 6) is 0.256. The second-order valence-corrected chi connectivity index (χ2v) is 8.12. The minimum absolute atomic E-state index is 0.00202. The molecule has 0 radical (unpaired) electrons. The van der Waals surface area contributed by atoms with Gasteiger partial charge in [-0.3, -0.25) is 4.79 Å². The second-order valence-electron chi connectivity index (χ2n) is 6.46. The third kappa shape index (κ3) is 3.17. The smallest absolute Gasteiger partial charge is 0.226 e. The molecule has 1 saturated carbocycles. The van der Waals surface area contributed by atoms with Crippen molar-refractivity contribution in [2.45, 2.75) is 38.1 Å². The number of hydrogen-bond acceptors (Lipinski definition) is 3. The van der Waals surface area contributed by atoms with E-state index in [1.807, 2.05) is 12.1 Å². The summed E-state index contributed by atoms with van der Waals surface area (Å²) in [5, 5.41) is 5.14. The van der Waals surface area contributed by atoms with Crippen LogP contribution in [-0.4, -0.2) is 37.6 Å². The molecule has 2 N–H and O–H groups in total. The minimum Gasteiger partial charge on any atom is -0.338 e. The zero-order chi connectivity index (χ0) is 15.9. The molecule has 2 fully saturated rings. The molecule has 1 aromatic rings. The van der Waals surface area contributed by atoms with Gasteiger partial charge in [0.05, 0.1) is 5.75 Å². The summed E-state index contributed by atoms with van der Waals surface area (Å²) in [4.78, 5) is 14.4. The van der Waals surface area contributed by atoms with E-state index in [4.69, 9.17) is 5.14 Å². The van der Waals surface area contributed by atoms with E-state index in [0.717, 1.165) is 19.3 Å². The number of benzene rings is 1. The predicted molar refractivity (Wildman–Crippen MR) is 84.7 cm³/mol. The highest BCUT2D eigenvalue weighted by molar-refractivity contribution is 7.89. The molecule has 120 valence electrons. The molecule has 6 heteroatoms. The van der Waals surface area contributed by atoms with Crippen LogP contribution in [0, 0.1) is 12.8 Å². The molecule has 0 bridgehead atoms. The molecule has 3 unspecified atom stereocenters. The first-order valence-corrected chi connectivity index (χ1v) is 9.45. The fourth-order valence-electron chi connectivity index (χ4n) is 3.59. The summed E-state index contributed by atoms with van der Waals surface area (Å²) >= 11 is 0. The number of nitrogens with zero attached hydrogens (tertiary/aromatic N) is 1. The summed E-state index contributed by atoms with van der Waals surface area (Å²) in [6, 6.07) is 7.90. The predicted octanol–water partition coefficient (Wildman–Crippen LogP) is 1.38. The van der Waals surface area contributed by atoms with Gasteiger partial charge in [-0.2, -0.15) is 0 Å². The Balaban J connectivity index is 1.69. The number of nitrogens with two attached hydrogens (primary N) is 1. The Morgan fingerprint density at radius 2 is 2.09 bits per heavy atom. The van der Waals surface area contributed by atoms with Crippen LogP contribution < -0.4 is 5.14 Å². The number of carbonyl (C=O) groups excluding carboxylic acids is 1. The molecular weight excluding hydrogens is 300 g/mol. The minimum atomic E-state index is -3.55. The standard InChI is InChI=1S/C16H22N2O3S/c1-11-5-2-3-7-13(11)14-9-15(14)16(19)18-8-4-6-12(18)10-22(17,20)21/h2-3,5,7,12,14-15H,4,6,8-10H2,1H3,(H2,17,20,21). The average molecular weight is 322 g/mol. The van der Waals surface area contributed by atoms with Gasteiger partial charge in [-0.25, -0.2) is 13.6 Å². The number of aryl methyl sites for hydroxylation is 1. The van der Waals surface area contributed by atoms with Gasteiger partial charge >= 0.3 is 0 Å². The Bertz CT molecular complexity index is 686. The molecule has 1 heterocycles. The Morgan fingerprint density at radius 1 is 1.36 bits per heavy atom. The molecule has 1 amide bonds. The van der Waals surface area contributed by atoms with Crippen molar-refractivity contribution in [2.75, 3.05) is 12.3 Å². The van der Waals surface area contributed by atoms with Crippen LogP contribution in [0.25, 0.3) is 0 Å². The van der Waals surface area contributed by atoms with Crippen LogP contribution in [0.1, 0.15) is 36.3 Å². The van der Waals surface area contributed by atoms with Crippen molar-refractivity contribution in [2.24, 2.45) is 11.1 Å². The molecule has 0 aromatic heterocycles. The van der Waals surface area contributed by atoms with Gasteiger partial charge in [0.15, 0.2) is 0 Å². The highest BCUT2D eigenvalue weighted by atomic mass is 32.2. The molecule has 3 rings (SSSR count). The lowest BCUT2D eigenvalue weighted by atomic mass is 10.0. The number of rotatable bonds is 4. The number of primary sulfonamides is 1. The molecule has 1 saturated heterocycles. The fraction of sp³-hybridized carbons (Fsp3) is 0.562. The van der Waals surface area contributed by atoms with Gasteiger partial charge in [-0.1, -0.05) is 24.3 Å². The van der Waals surface area contributed by atoms with E-state index in [0.29, 0.717) is 6.54 Å². The zero-order valence-electron chi connectivity index (χ0n) is 12.7. The Labute approximate surface area is 131 Å². The molecule has 3 atom stereocenters. The van der Waals surface area contributed by atoms with Gasteiger partial charge in [0.2, 0.25) is 15.9 Å². The number of carbonyl (C=O) groups is 1. The molecule has 2 aliphatic rings. The highest BCUT2D eigenvalue weighted by Gasteiger charge is 2.48. The number of sulfonamides is 1. The summed E-state index contributed by atoms with van der Waals surface area (Å²) in [6.45, 7) is 2.71. The van der Waals surface area contributed by atoms with E-state index in [2.05, 4.69) is 19.1 Å². The summed E-state index contributed by atoms with van der Waals surface area (Å²) in [6.07, 6.45) is 2.44. The molecule has 1 aliphatic heterocycles. The zero-order valence-corrected chi connectivity index (χ0v) is 13.6. The summed E-state index contributed by atoms with van der Waals surface area (Å²) in [5.41, 5.74) is 2.45. The lowest BCUT2D eigenvalue weighted by molar-refractivity contribution is -0.133. The van der Waals surface area contributed by atoms with Crippen LogP contribution in [0.4, 0.5) is 0 Å². The molecule has 0 spiro atoms. The van der Waals surface area contributed by atoms with Gasteiger partial charge in [0, 0.05) is 18.5 Å². The van der Waals surface area contributed by atoms with Gasteiger partial charge in [0.1, 0.15) is 0 Å². The van der Waals surface area contributed by atoms with Crippen molar-refractivity contribution in [3.63, 3.8) is 0 Å². The number of hydrogen-bond donors (Lipinski definition) is 1. The van der Waals surface area contributed by atoms with Crippen molar-refractivity contribution in [3.8, 4) is 0 Å². The third-order valence-corrected chi connectivity index (χ3v) is 5.63. The lowest BCUT2D eigenvalue weighted by Gasteiger charge is -2.24. The van der Waals surface area contributed by atoms with E-state index >= 15 is 0 Å². The van der Waals surface area contributed by atoms with E-state index in [1.165, 1.54) is 11.1 Å². The van der Waals surface area contributed by atoms with E-state index in [1.54, 1.807) is 4.90 Å². The third-order valence-electron chi connectivity index (χ3n) is 4.78. The van der Waals surface area contributed by atoms with Crippen LogP contribution in [0.2, 0.25) is 0 Å². The lowest BCUT2D eigenvalue weighted by Crippen LogP contribution is -2.42. The topological polar surface area (TPSA) is 80.5 Å². The van der Waals surface area contributed by atoms with Crippen LogP contribution in [-0.2, 0) is 14.8 Å². The number of amides is 1. The van der Waals surface area contributed by atoms with Crippen molar-refractivity contribution < 1.29 is 13.2 Å². The normalized spacial score (nSPS) is 27.9. The van der Waals surface area contributed by atoms with Crippen molar-refractivity contribution in [1.82, 2.24) is 4.90 Å². The number of likely N-dealkylation sites (tertiary alicyclic amines) is 1. The van der Waals surface area contributed by atoms with Gasteiger partial charge in [-0.15, -0.1) is 0 Å². The van der Waals surface area contributed by atoms with Crippen LogP contribution in [0.3, 0.4) is 0 Å². The Hall–Kier alpha value is -1.40. The van der Waals surface area contributed by atoms with Gasteiger partial charge in [-0.05, 0) is 43.2 Å².